The number of hydrogen-bond donors (Lipinski definition) is 0. The predicted molar refractivity (Wildman–Crippen MR) is 60.9 cm³/mol. The van der Waals surface area contributed by atoms with Gasteiger partial charge in [0.25, 0.3) is 0 Å². The Kier molecular flexibility index (Phi) is 2.81. The minimum atomic E-state index is 0.374. The van der Waals surface area contributed by atoms with Crippen LogP contribution in [0.25, 0.3) is 5.82 Å². The van der Waals surface area contributed by atoms with E-state index >= 15 is 0 Å². The second kappa shape index (κ2) is 4.10. The van der Waals surface area contributed by atoms with Gasteiger partial charge in [-0.15, -0.1) is 0 Å². The average Bonchev–Trinajstić information content (AvgIpc) is 2.69. The third-order valence-corrected chi connectivity index (χ3v) is 2.39. The van der Waals surface area contributed by atoms with Crippen LogP contribution in [-0.2, 0) is 0 Å². The Balaban J connectivity index is 2.49. The molecule has 0 aliphatic rings. The first-order valence-corrected chi connectivity index (χ1v) is 5.50. The Bertz CT molecular complexity index is 450. The molecule has 2 rings (SSSR count). The van der Waals surface area contributed by atoms with E-state index in [4.69, 9.17) is 0 Å². The van der Waals surface area contributed by atoms with E-state index in [1.807, 2.05) is 18.3 Å². The number of aromatic nitrogens is 4. The Morgan fingerprint density at radius 3 is 2.73 bits per heavy atom. The highest BCUT2D eigenvalue weighted by Crippen LogP contribution is 2.16. The summed E-state index contributed by atoms with van der Waals surface area (Å²) in [5.41, 5.74) is 1.00. The van der Waals surface area contributed by atoms with Crippen LogP contribution >= 0.6 is 15.9 Å². The Morgan fingerprint density at radius 2 is 2.13 bits per heavy atom. The van der Waals surface area contributed by atoms with Gasteiger partial charge in [0.15, 0.2) is 10.6 Å². The average molecular weight is 267 g/mol. The van der Waals surface area contributed by atoms with Gasteiger partial charge in [0.05, 0.1) is 0 Å². The lowest BCUT2D eigenvalue weighted by atomic mass is 10.1. The lowest BCUT2D eigenvalue weighted by Crippen LogP contribution is -2.03. The maximum absolute atomic E-state index is 4.31. The maximum Gasteiger partial charge on any atom is 0.198 e. The van der Waals surface area contributed by atoms with Crippen molar-refractivity contribution in [2.75, 3.05) is 0 Å². The summed E-state index contributed by atoms with van der Waals surface area (Å²) >= 11 is 3.30. The van der Waals surface area contributed by atoms with E-state index in [2.05, 4.69) is 44.8 Å². The second-order valence-electron chi connectivity index (χ2n) is 3.53. The van der Waals surface area contributed by atoms with Crippen molar-refractivity contribution in [3.63, 3.8) is 0 Å². The topological polar surface area (TPSA) is 43.6 Å². The van der Waals surface area contributed by atoms with Crippen molar-refractivity contribution < 1.29 is 0 Å². The molecule has 0 N–H and O–H groups in total. The zero-order chi connectivity index (χ0) is 10.8. The van der Waals surface area contributed by atoms with Crippen LogP contribution in [0.3, 0.4) is 0 Å². The molecule has 0 unspecified atom stereocenters. The molecule has 2 heterocycles. The van der Waals surface area contributed by atoms with Gasteiger partial charge in [0.2, 0.25) is 0 Å². The summed E-state index contributed by atoms with van der Waals surface area (Å²) < 4.78 is 2.32. The SMILES string of the molecule is CC(C)c1cc(-n2cccn2)nc(Br)n1. The molecule has 0 bridgehead atoms. The molecule has 15 heavy (non-hydrogen) atoms. The standard InChI is InChI=1S/C10H11BrN4/c1-7(2)8-6-9(14-10(11)13-8)15-5-3-4-12-15/h3-7H,1-2H3. The summed E-state index contributed by atoms with van der Waals surface area (Å²) in [6, 6.07) is 3.81. The lowest BCUT2D eigenvalue weighted by molar-refractivity contribution is 0.775. The molecule has 2 aromatic rings. The minimum absolute atomic E-state index is 0.374. The fraction of sp³-hybridized carbons (Fsp3) is 0.300. The van der Waals surface area contributed by atoms with E-state index < -0.39 is 0 Å². The summed E-state index contributed by atoms with van der Waals surface area (Å²) in [4.78, 5) is 8.57. The first-order chi connectivity index (χ1) is 7.16. The van der Waals surface area contributed by atoms with Gasteiger partial charge in [-0.1, -0.05) is 13.8 Å². The van der Waals surface area contributed by atoms with Crippen molar-refractivity contribution in [2.45, 2.75) is 19.8 Å². The largest absolute Gasteiger partial charge is 0.227 e. The molecular formula is C10H11BrN4. The molecule has 0 aliphatic carbocycles. The van der Waals surface area contributed by atoms with Gasteiger partial charge in [0.1, 0.15) is 0 Å². The summed E-state index contributed by atoms with van der Waals surface area (Å²) in [5, 5.41) is 4.13. The molecule has 2 aromatic heterocycles. The highest BCUT2D eigenvalue weighted by molar-refractivity contribution is 9.10. The zero-order valence-electron chi connectivity index (χ0n) is 8.55. The van der Waals surface area contributed by atoms with E-state index in [1.165, 1.54) is 0 Å². The van der Waals surface area contributed by atoms with Crippen LogP contribution in [-0.4, -0.2) is 19.7 Å². The quantitative estimate of drug-likeness (QED) is 0.785. The number of nitrogens with zero attached hydrogens (tertiary/aromatic N) is 4. The maximum atomic E-state index is 4.31. The van der Waals surface area contributed by atoms with E-state index in [-0.39, 0.29) is 0 Å². The Morgan fingerprint density at radius 1 is 1.33 bits per heavy atom. The van der Waals surface area contributed by atoms with Crippen LogP contribution in [0, 0.1) is 0 Å². The molecule has 0 atom stereocenters. The first kappa shape index (κ1) is 10.3. The monoisotopic (exact) mass is 266 g/mol. The van der Waals surface area contributed by atoms with Crippen LogP contribution in [0.2, 0.25) is 0 Å². The third kappa shape index (κ3) is 2.23. The molecule has 0 spiro atoms. The van der Waals surface area contributed by atoms with Gasteiger partial charge in [0, 0.05) is 24.2 Å². The second-order valence-corrected chi connectivity index (χ2v) is 4.23. The molecule has 78 valence electrons. The van der Waals surface area contributed by atoms with E-state index in [0.717, 1.165) is 11.5 Å². The summed E-state index contributed by atoms with van der Waals surface area (Å²) in [5.74, 6) is 1.16. The molecule has 0 aromatic carbocycles. The van der Waals surface area contributed by atoms with Crippen LogP contribution in [0.1, 0.15) is 25.5 Å². The molecule has 0 fully saturated rings. The molecule has 0 aliphatic heterocycles. The zero-order valence-corrected chi connectivity index (χ0v) is 10.1. The highest BCUT2D eigenvalue weighted by atomic mass is 79.9. The van der Waals surface area contributed by atoms with Gasteiger partial charge >= 0.3 is 0 Å². The fourth-order valence-electron chi connectivity index (χ4n) is 1.24. The minimum Gasteiger partial charge on any atom is -0.227 e. The van der Waals surface area contributed by atoms with E-state index in [1.54, 1.807) is 10.9 Å². The predicted octanol–water partition coefficient (Wildman–Crippen LogP) is 2.55. The van der Waals surface area contributed by atoms with Crippen molar-refractivity contribution in [1.29, 1.82) is 0 Å². The van der Waals surface area contributed by atoms with Gasteiger partial charge in [-0.25, -0.2) is 14.6 Å². The Hall–Kier alpha value is -1.23. The molecule has 0 saturated heterocycles. The van der Waals surface area contributed by atoms with Gasteiger partial charge in [-0.05, 0) is 27.9 Å². The van der Waals surface area contributed by atoms with Gasteiger partial charge in [-0.3, -0.25) is 0 Å². The van der Waals surface area contributed by atoms with Crippen LogP contribution in [0.15, 0.2) is 29.3 Å². The van der Waals surface area contributed by atoms with Gasteiger partial charge in [-0.2, -0.15) is 5.10 Å². The van der Waals surface area contributed by atoms with Gasteiger partial charge < -0.3 is 0 Å². The first-order valence-electron chi connectivity index (χ1n) is 4.71. The summed E-state index contributed by atoms with van der Waals surface area (Å²) in [6.07, 6.45) is 3.59. The van der Waals surface area contributed by atoms with Crippen molar-refractivity contribution in [1.82, 2.24) is 19.7 Å². The molecule has 5 heteroatoms. The smallest absolute Gasteiger partial charge is 0.198 e. The summed E-state index contributed by atoms with van der Waals surface area (Å²) in [7, 11) is 0. The van der Waals surface area contributed by atoms with Crippen molar-refractivity contribution >= 4 is 15.9 Å². The number of hydrogen-bond acceptors (Lipinski definition) is 3. The third-order valence-electron chi connectivity index (χ3n) is 2.04. The van der Waals surface area contributed by atoms with Crippen LogP contribution in [0.4, 0.5) is 0 Å². The van der Waals surface area contributed by atoms with Crippen LogP contribution < -0.4 is 0 Å². The lowest BCUT2D eigenvalue weighted by Gasteiger charge is -2.07. The van der Waals surface area contributed by atoms with E-state index in [9.17, 15) is 0 Å². The molecule has 4 nitrogen and oxygen atoms in total. The highest BCUT2D eigenvalue weighted by Gasteiger charge is 2.07. The fourth-order valence-corrected chi connectivity index (χ4v) is 1.63. The van der Waals surface area contributed by atoms with E-state index in [0.29, 0.717) is 10.7 Å². The normalized spacial score (nSPS) is 10.9. The molecule has 0 saturated carbocycles. The molecule has 0 amide bonds. The van der Waals surface area contributed by atoms with Crippen molar-refractivity contribution in [3.05, 3.63) is 35.0 Å². The van der Waals surface area contributed by atoms with Crippen LogP contribution in [0.5, 0.6) is 0 Å². The molecule has 0 radical (unpaired) electrons. The summed E-state index contributed by atoms with van der Waals surface area (Å²) in [6.45, 7) is 4.20. The Labute approximate surface area is 96.5 Å². The number of rotatable bonds is 2. The molecular weight excluding hydrogens is 256 g/mol. The van der Waals surface area contributed by atoms with Crippen molar-refractivity contribution in [2.24, 2.45) is 0 Å². The van der Waals surface area contributed by atoms with Crippen molar-refractivity contribution in [3.8, 4) is 5.82 Å². The number of halogens is 1.